The van der Waals surface area contributed by atoms with Gasteiger partial charge in [0.25, 0.3) is 0 Å². The SMILES string of the molecule is COc1ccc([C@@H](C(=O)NCCC(C)C)N(C(=O)Cn2nnc3ccccc32)c2ccccc2F)cc1OC. The summed E-state index contributed by atoms with van der Waals surface area (Å²) in [7, 11) is 2.99. The molecule has 204 valence electrons. The smallest absolute Gasteiger partial charge is 0.249 e. The van der Waals surface area contributed by atoms with E-state index in [4.69, 9.17) is 9.47 Å². The maximum absolute atomic E-state index is 15.3. The van der Waals surface area contributed by atoms with E-state index in [-0.39, 0.29) is 12.2 Å². The van der Waals surface area contributed by atoms with Crippen molar-refractivity contribution >= 4 is 28.5 Å². The van der Waals surface area contributed by atoms with Crippen LogP contribution in [0.3, 0.4) is 0 Å². The standard InChI is InChI=1S/C29H32FN5O4/c1-19(2)15-16-31-29(37)28(20-13-14-25(38-3)26(17-20)39-4)35(23-11-7-5-9-21(23)30)27(36)18-34-24-12-8-6-10-22(24)32-33-34/h5-14,17,19,28H,15-16,18H2,1-4H3,(H,31,37)/t28-/m0/s1. The summed E-state index contributed by atoms with van der Waals surface area (Å²) in [5.41, 5.74) is 1.65. The molecule has 0 spiro atoms. The van der Waals surface area contributed by atoms with Gasteiger partial charge in [0, 0.05) is 6.54 Å². The normalized spacial score (nSPS) is 11.8. The molecule has 1 heterocycles. The van der Waals surface area contributed by atoms with Crippen LogP contribution < -0.4 is 19.7 Å². The van der Waals surface area contributed by atoms with E-state index in [1.54, 1.807) is 36.4 Å². The van der Waals surface area contributed by atoms with Crippen LogP contribution in [0, 0.1) is 11.7 Å². The molecular weight excluding hydrogens is 501 g/mol. The average Bonchev–Trinajstić information content (AvgIpc) is 3.34. The third-order valence-electron chi connectivity index (χ3n) is 6.34. The number of nitrogens with one attached hydrogen (secondary N) is 1. The van der Waals surface area contributed by atoms with Gasteiger partial charge in [-0.3, -0.25) is 14.5 Å². The monoisotopic (exact) mass is 533 g/mol. The topological polar surface area (TPSA) is 98.6 Å². The predicted molar refractivity (Wildman–Crippen MR) is 146 cm³/mol. The fourth-order valence-corrected chi connectivity index (χ4v) is 4.32. The molecule has 0 saturated carbocycles. The van der Waals surface area contributed by atoms with Crippen molar-refractivity contribution in [2.24, 2.45) is 5.92 Å². The average molecular weight is 534 g/mol. The summed E-state index contributed by atoms with van der Waals surface area (Å²) in [6, 6.07) is 16.8. The molecule has 4 aromatic rings. The van der Waals surface area contributed by atoms with E-state index in [2.05, 4.69) is 29.5 Å². The number of anilines is 1. The minimum Gasteiger partial charge on any atom is -0.493 e. The Kier molecular flexibility index (Phi) is 8.75. The molecular formula is C29H32FN5O4. The third-order valence-corrected chi connectivity index (χ3v) is 6.34. The number of fused-ring (bicyclic) bond motifs is 1. The quantitative estimate of drug-likeness (QED) is 0.304. The summed E-state index contributed by atoms with van der Waals surface area (Å²) < 4.78 is 27.6. The number of methoxy groups -OCH3 is 2. The van der Waals surface area contributed by atoms with E-state index < -0.39 is 23.7 Å². The minimum absolute atomic E-state index is 0.0364. The molecule has 0 aliphatic carbocycles. The van der Waals surface area contributed by atoms with Crippen LogP contribution in [0.1, 0.15) is 31.9 Å². The molecule has 3 aromatic carbocycles. The number of hydrogen-bond acceptors (Lipinski definition) is 6. The Morgan fingerprint density at radius 2 is 1.72 bits per heavy atom. The van der Waals surface area contributed by atoms with E-state index >= 15 is 4.39 Å². The molecule has 0 radical (unpaired) electrons. The molecule has 0 saturated heterocycles. The van der Waals surface area contributed by atoms with Gasteiger partial charge in [0.05, 0.1) is 25.4 Å². The second kappa shape index (κ2) is 12.4. The third kappa shape index (κ3) is 6.17. The lowest BCUT2D eigenvalue weighted by Crippen LogP contribution is -2.46. The van der Waals surface area contributed by atoms with Crippen LogP contribution in [0.15, 0.2) is 66.7 Å². The lowest BCUT2D eigenvalue weighted by atomic mass is 10.0. The molecule has 9 nitrogen and oxygen atoms in total. The number of carbonyl (C=O) groups excluding carboxylic acids is 2. The van der Waals surface area contributed by atoms with Crippen molar-refractivity contribution in [3.8, 4) is 11.5 Å². The number of halogens is 1. The minimum atomic E-state index is -1.21. The van der Waals surface area contributed by atoms with Gasteiger partial charge in [-0.1, -0.05) is 49.4 Å². The van der Waals surface area contributed by atoms with E-state index in [0.29, 0.717) is 40.6 Å². The first-order valence-corrected chi connectivity index (χ1v) is 12.7. The van der Waals surface area contributed by atoms with Crippen LogP contribution in [0.25, 0.3) is 11.0 Å². The molecule has 0 fully saturated rings. The number of aromatic nitrogens is 3. The molecule has 0 aliphatic rings. The molecule has 1 N–H and O–H groups in total. The first-order chi connectivity index (χ1) is 18.8. The van der Waals surface area contributed by atoms with Crippen molar-refractivity contribution in [1.82, 2.24) is 20.3 Å². The Morgan fingerprint density at radius 1 is 1.00 bits per heavy atom. The highest BCUT2D eigenvalue weighted by atomic mass is 19.1. The maximum Gasteiger partial charge on any atom is 0.249 e. The molecule has 2 amide bonds. The summed E-state index contributed by atoms with van der Waals surface area (Å²) in [6.45, 7) is 4.23. The number of rotatable bonds is 11. The molecule has 1 aromatic heterocycles. The summed E-state index contributed by atoms with van der Waals surface area (Å²) in [6.07, 6.45) is 0.739. The Morgan fingerprint density at radius 3 is 2.44 bits per heavy atom. The number of benzene rings is 3. The van der Waals surface area contributed by atoms with Crippen LogP contribution in [0.5, 0.6) is 11.5 Å². The van der Waals surface area contributed by atoms with Crippen LogP contribution in [0.2, 0.25) is 0 Å². The van der Waals surface area contributed by atoms with Gasteiger partial charge in [-0.15, -0.1) is 5.10 Å². The summed E-state index contributed by atoms with van der Waals surface area (Å²) in [5, 5.41) is 11.2. The molecule has 0 aliphatic heterocycles. The van der Waals surface area contributed by atoms with Crippen LogP contribution >= 0.6 is 0 Å². The van der Waals surface area contributed by atoms with Crippen molar-refractivity contribution in [3.63, 3.8) is 0 Å². The van der Waals surface area contributed by atoms with Crippen LogP contribution in [0.4, 0.5) is 10.1 Å². The highest BCUT2D eigenvalue weighted by Crippen LogP contribution is 2.35. The number of ether oxygens (including phenoxy) is 2. The first-order valence-electron chi connectivity index (χ1n) is 12.7. The van der Waals surface area contributed by atoms with Gasteiger partial charge in [-0.2, -0.15) is 0 Å². The maximum atomic E-state index is 15.3. The zero-order chi connectivity index (χ0) is 27.9. The Balaban J connectivity index is 1.82. The van der Waals surface area contributed by atoms with Gasteiger partial charge in [0.1, 0.15) is 23.9 Å². The predicted octanol–water partition coefficient (Wildman–Crippen LogP) is 4.52. The summed E-state index contributed by atoms with van der Waals surface area (Å²) in [4.78, 5) is 29.0. The van der Waals surface area contributed by atoms with Gasteiger partial charge >= 0.3 is 0 Å². The lowest BCUT2D eigenvalue weighted by molar-refractivity contribution is -0.127. The van der Waals surface area contributed by atoms with Gasteiger partial charge in [0.2, 0.25) is 11.8 Å². The molecule has 0 unspecified atom stereocenters. The second-order valence-corrected chi connectivity index (χ2v) is 9.44. The van der Waals surface area contributed by atoms with Crippen LogP contribution in [-0.2, 0) is 16.1 Å². The second-order valence-electron chi connectivity index (χ2n) is 9.44. The lowest BCUT2D eigenvalue weighted by Gasteiger charge is -2.32. The number of nitrogens with zero attached hydrogens (tertiary/aromatic N) is 4. The summed E-state index contributed by atoms with van der Waals surface area (Å²) in [5.74, 6) is -0.460. The van der Waals surface area contributed by atoms with E-state index in [1.807, 2.05) is 12.1 Å². The number of hydrogen-bond donors (Lipinski definition) is 1. The number of amides is 2. The van der Waals surface area contributed by atoms with Crippen molar-refractivity contribution < 1.29 is 23.5 Å². The molecule has 39 heavy (non-hydrogen) atoms. The summed E-state index contributed by atoms with van der Waals surface area (Å²) >= 11 is 0. The van der Waals surface area contributed by atoms with Crippen molar-refractivity contribution in [1.29, 1.82) is 0 Å². The van der Waals surface area contributed by atoms with Gasteiger partial charge in [-0.05, 0) is 54.3 Å². The molecule has 1 atom stereocenters. The Labute approximate surface area is 226 Å². The highest BCUT2D eigenvalue weighted by molar-refractivity contribution is 6.01. The Hall–Kier alpha value is -4.47. The molecule has 4 rings (SSSR count). The highest BCUT2D eigenvalue weighted by Gasteiger charge is 2.35. The zero-order valence-corrected chi connectivity index (χ0v) is 22.4. The van der Waals surface area contributed by atoms with Gasteiger partial charge < -0.3 is 14.8 Å². The van der Waals surface area contributed by atoms with E-state index in [0.717, 1.165) is 6.42 Å². The van der Waals surface area contributed by atoms with Gasteiger partial charge in [-0.25, -0.2) is 9.07 Å². The fourth-order valence-electron chi connectivity index (χ4n) is 4.32. The fraction of sp³-hybridized carbons (Fsp3) is 0.310. The van der Waals surface area contributed by atoms with Crippen molar-refractivity contribution in [2.45, 2.75) is 32.9 Å². The molecule has 0 bridgehead atoms. The zero-order valence-electron chi connectivity index (χ0n) is 22.4. The van der Waals surface area contributed by atoms with E-state index in [9.17, 15) is 9.59 Å². The first kappa shape index (κ1) is 27.6. The largest absolute Gasteiger partial charge is 0.493 e. The van der Waals surface area contributed by atoms with Gasteiger partial charge in [0.15, 0.2) is 11.5 Å². The van der Waals surface area contributed by atoms with Crippen molar-refractivity contribution in [2.75, 3.05) is 25.7 Å². The van der Waals surface area contributed by atoms with E-state index in [1.165, 1.54) is 42.0 Å². The molecule has 10 heteroatoms. The number of para-hydroxylation sites is 2. The van der Waals surface area contributed by atoms with Crippen LogP contribution in [-0.4, -0.2) is 47.6 Å². The Bertz CT molecular complexity index is 1450. The van der Waals surface area contributed by atoms with Crippen molar-refractivity contribution in [3.05, 3.63) is 78.1 Å². The number of carbonyl (C=O) groups is 2.